The zero-order valence-corrected chi connectivity index (χ0v) is 44.0. The normalized spacial score (nSPS) is 17.1. The number of anilines is 3. The van der Waals surface area contributed by atoms with Gasteiger partial charge in [0, 0.05) is 70.9 Å². The molecule has 2 aliphatic rings. The molecule has 2 amide bonds. The van der Waals surface area contributed by atoms with E-state index in [9.17, 15) is 31.5 Å². The Kier molecular flexibility index (Phi) is 18.2. The summed E-state index contributed by atoms with van der Waals surface area (Å²) in [6, 6.07) is 12.0. The molecule has 6 heterocycles. The van der Waals surface area contributed by atoms with Gasteiger partial charge in [-0.05, 0) is 103 Å². The third-order valence-electron chi connectivity index (χ3n) is 11.4. The number of piperidine rings is 2. The minimum atomic E-state index is -3.59. The summed E-state index contributed by atoms with van der Waals surface area (Å²) in [7, 11) is -7.16. The number of likely N-dealkylation sites (tertiary alicyclic amines) is 2. The first-order valence-corrected chi connectivity index (χ1v) is 27.7. The Morgan fingerprint density at radius 2 is 1.14 bits per heavy atom. The SMILES string of the molecule is C[C@H](N)CO.Cc1cn2nc([C@@H]3CCCCN3C(=O)c3cc(Cl)ccc3NS(C)(=O)=O)cc2nc1Cl.Cc1cn2nc([C@@H]3CCCCN3C(=O)c3cc(Cl)ccc3NS(C)(=O)=O)cc2nc1N[C@@H](C)CO. The molecule has 2 saturated heterocycles. The maximum Gasteiger partial charge on any atom is 0.256 e. The minimum absolute atomic E-state index is 0.0182. The summed E-state index contributed by atoms with van der Waals surface area (Å²) in [5.41, 5.74) is 10.1. The second-order valence-electron chi connectivity index (χ2n) is 17.8. The standard InChI is InChI=1S/C23H29ClN6O4S.C20H21Cl2N5O3S.C3H9NO/c1-14-12-30-21(26-22(14)25-15(2)13-31)11-19(27-30)20-6-4-5-9-29(20)23(32)17-10-16(24)7-8-18(17)28-35(3,33)34;1-12-11-27-18(23-19(12)22)10-16(24-27)17-5-3-4-8-26(17)20(28)14-9-13(21)6-7-15(14)25-31(2,29)30;1-3(4)2-5/h7-8,10-12,15,20,28,31H,4-6,9,13H2,1-3H3,(H,25,26);6-7,9-11,17,25H,3-5,8H2,1-2H3;3,5H,2,4H2,1H3/t15-,20-;17-;3-/m000/s1. The molecule has 0 radical (unpaired) electrons. The Bertz CT molecular complexity index is 3080. The van der Waals surface area contributed by atoms with Crippen molar-refractivity contribution in [1.82, 2.24) is 39.0 Å². The van der Waals surface area contributed by atoms with Crippen LogP contribution >= 0.6 is 34.8 Å². The Balaban J connectivity index is 0.000000213. The number of benzene rings is 2. The zero-order chi connectivity index (χ0) is 51.9. The van der Waals surface area contributed by atoms with Crippen molar-refractivity contribution in [3.05, 3.63) is 110 Å². The zero-order valence-electron chi connectivity index (χ0n) is 40.1. The number of aliphatic hydroxyl groups is 2. The van der Waals surface area contributed by atoms with Gasteiger partial charge in [-0.1, -0.05) is 34.8 Å². The molecular weight excluding hydrogens is 1020 g/mol. The molecule has 4 aromatic heterocycles. The third-order valence-corrected chi connectivity index (χ3v) is 13.4. The fourth-order valence-corrected chi connectivity index (χ4v) is 9.66. The number of nitrogens with one attached hydrogen (secondary N) is 3. The molecule has 0 bridgehead atoms. The number of aromatic nitrogens is 6. The molecule has 2 aliphatic heterocycles. The summed E-state index contributed by atoms with van der Waals surface area (Å²) in [6.07, 6.45) is 10.7. The average Bonchev–Trinajstić information content (AvgIpc) is 3.92. The number of sulfonamides is 2. The van der Waals surface area contributed by atoms with Crippen LogP contribution in [0, 0.1) is 13.8 Å². The molecule has 8 rings (SSSR count). The van der Waals surface area contributed by atoms with E-state index in [1.165, 1.54) is 24.3 Å². The van der Waals surface area contributed by atoms with E-state index >= 15 is 0 Å². The number of nitrogens with two attached hydrogens (primary N) is 1. The molecule has 4 atom stereocenters. The Hall–Kier alpha value is -5.33. The van der Waals surface area contributed by atoms with E-state index in [2.05, 4.69) is 29.8 Å². The molecule has 0 aliphatic carbocycles. The van der Waals surface area contributed by atoms with Gasteiger partial charge in [-0.2, -0.15) is 10.2 Å². The summed E-state index contributed by atoms with van der Waals surface area (Å²) < 4.78 is 55.4. The molecule has 0 unspecified atom stereocenters. The predicted octanol–water partition coefficient (Wildman–Crippen LogP) is 6.63. The second kappa shape index (κ2) is 23.5. The molecule has 384 valence electrons. The topological polar surface area (TPSA) is 272 Å². The van der Waals surface area contributed by atoms with E-state index in [4.69, 9.17) is 50.7 Å². The van der Waals surface area contributed by atoms with Crippen molar-refractivity contribution >= 4 is 95.2 Å². The predicted molar refractivity (Wildman–Crippen MR) is 276 cm³/mol. The maximum atomic E-state index is 13.7. The van der Waals surface area contributed by atoms with Crippen LogP contribution in [0.4, 0.5) is 17.2 Å². The van der Waals surface area contributed by atoms with Gasteiger partial charge in [-0.15, -0.1) is 0 Å². The largest absolute Gasteiger partial charge is 0.395 e. The van der Waals surface area contributed by atoms with Gasteiger partial charge in [-0.25, -0.2) is 35.8 Å². The van der Waals surface area contributed by atoms with Crippen LogP contribution in [0.5, 0.6) is 0 Å². The lowest BCUT2D eigenvalue weighted by Crippen LogP contribution is -2.39. The van der Waals surface area contributed by atoms with Crippen molar-refractivity contribution in [2.75, 3.05) is 53.6 Å². The quantitative estimate of drug-likeness (QED) is 0.0703. The van der Waals surface area contributed by atoms with Crippen molar-refractivity contribution in [3.63, 3.8) is 0 Å². The average molecular weight is 1080 g/mol. The highest BCUT2D eigenvalue weighted by Crippen LogP contribution is 2.36. The molecular formula is C46H59Cl3N12O8S2. The van der Waals surface area contributed by atoms with Crippen molar-refractivity contribution in [1.29, 1.82) is 0 Å². The highest BCUT2D eigenvalue weighted by atomic mass is 35.5. The van der Waals surface area contributed by atoms with Crippen LogP contribution in [0.3, 0.4) is 0 Å². The molecule has 2 aromatic carbocycles. The van der Waals surface area contributed by atoms with Gasteiger partial charge in [0.2, 0.25) is 20.0 Å². The van der Waals surface area contributed by atoms with Gasteiger partial charge < -0.3 is 31.1 Å². The Morgan fingerprint density at radius 3 is 1.56 bits per heavy atom. The number of amides is 2. The number of rotatable bonds is 12. The summed E-state index contributed by atoms with van der Waals surface area (Å²) in [5.74, 6) is 0.0405. The number of carbonyl (C=O) groups excluding carboxylic acids is 2. The number of aliphatic hydroxyl groups excluding tert-OH is 2. The van der Waals surface area contributed by atoms with Crippen LogP contribution in [0.15, 0.2) is 60.9 Å². The number of fused-ring (bicyclic) bond motifs is 2. The summed E-state index contributed by atoms with van der Waals surface area (Å²) >= 11 is 18.4. The van der Waals surface area contributed by atoms with E-state index in [1.54, 1.807) is 44.1 Å². The van der Waals surface area contributed by atoms with Gasteiger partial charge in [0.05, 0.1) is 71.7 Å². The minimum Gasteiger partial charge on any atom is -0.395 e. The Labute approximate surface area is 428 Å². The van der Waals surface area contributed by atoms with Gasteiger partial charge in [-0.3, -0.25) is 19.0 Å². The lowest BCUT2D eigenvalue weighted by atomic mass is 9.98. The number of nitrogens with zero attached hydrogens (tertiary/aromatic N) is 8. The van der Waals surface area contributed by atoms with Crippen LogP contribution in [0.25, 0.3) is 11.3 Å². The molecule has 0 saturated carbocycles. The molecule has 71 heavy (non-hydrogen) atoms. The number of hydrogen-bond donors (Lipinski definition) is 6. The lowest BCUT2D eigenvalue weighted by molar-refractivity contribution is 0.0600. The van der Waals surface area contributed by atoms with Crippen molar-refractivity contribution in [2.45, 2.75) is 90.4 Å². The van der Waals surface area contributed by atoms with Crippen LogP contribution in [-0.2, 0) is 20.0 Å². The van der Waals surface area contributed by atoms with E-state index in [0.29, 0.717) is 56.8 Å². The van der Waals surface area contributed by atoms with Gasteiger partial charge in [0.15, 0.2) is 11.3 Å². The van der Waals surface area contributed by atoms with E-state index in [-0.39, 0.29) is 71.7 Å². The number of halogens is 3. The van der Waals surface area contributed by atoms with Crippen molar-refractivity contribution < 1.29 is 36.6 Å². The Morgan fingerprint density at radius 1 is 0.704 bits per heavy atom. The van der Waals surface area contributed by atoms with Crippen LogP contribution in [0.2, 0.25) is 15.2 Å². The fourth-order valence-electron chi connectivity index (χ4n) is 8.02. The van der Waals surface area contributed by atoms with Gasteiger partial charge >= 0.3 is 0 Å². The maximum absolute atomic E-state index is 13.7. The highest BCUT2D eigenvalue weighted by Gasteiger charge is 2.34. The first kappa shape index (κ1) is 55.0. The van der Waals surface area contributed by atoms with Crippen LogP contribution < -0.4 is 20.5 Å². The van der Waals surface area contributed by atoms with E-state index < -0.39 is 20.0 Å². The summed E-state index contributed by atoms with van der Waals surface area (Å²) in [4.78, 5) is 39.6. The van der Waals surface area contributed by atoms with Gasteiger partial charge in [0.25, 0.3) is 11.8 Å². The first-order chi connectivity index (χ1) is 33.4. The van der Waals surface area contributed by atoms with E-state index in [0.717, 1.165) is 62.2 Å². The highest BCUT2D eigenvalue weighted by molar-refractivity contribution is 7.92. The lowest BCUT2D eigenvalue weighted by Gasteiger charge is -2.35. The van der Waals surface area contributed by atoms with Crippen LogP contribution in [0.1, 0.15) is 108 Å². The number of aryl methyl sites for hydroxylation is 2. The molecule has 2 fully saturated rings. The summed E-state index contributed by atoms with van der Waals surface area (Å²) in [5, 5.41) is 31.0. The number of hydrogen-bond acceptors (Lipinski definition) is 14. The van der Waals surface area contributed by atoms with Crippen LogP contribution in [-0.4, -0.2) is 129 Å². The monoisotopic (exact) mass is 1080 g/mol. The molecule has 25 heteroatoms. The molecule has 6 aromatic rings. The molecule has 7 N–H and O–H groups in total. The third kappa shape index (κ3) is 14.4. The smallest absolute Gasteiger partial charge is 0.256 e. The number of carbonyl (C=O) groups is 2. The molecule has 0 spiro atoms. The van der Waals surface area contributed by atoms with E-state index in [1.807, 2.05) is 39.1 Å². The second-order valence-corrected chi connectivity index (χ2v) is 22.5. The first-order valence-electron chi connectivity index (χ1n) is 22.7. The summed E-state index contributed by atoms with van der Waals surface area (Å²) in [6.45, 7) is 8.47. The van der Waals surface area contributed by atoms with Crippen molar-refractivity contribution in [3.8, 4) is 0 Å². The van der Waals surface area contributed by atoms with Gasteiger partial charge in [0.1, 0.15) is 11.0 Å². The van der Waals surface area contributed by atoms with Crippen molar-refractivity contribution in [2.24, 2.45) is 5.73 Å². The molecule has 20 nitrogen and oxygen atoms in total. The fraction of sp³-hybridized carbons (Fsp3) is 0.435.